The molecule has 0 spiro atoms. The first-order valence-electron chi connectivity index (χ1n) is 10.1. The molecule has 0 saturated heterocycles. The third kappa shape index (κ3) is 4.01. The lowest BCUT2D eigenvalue weighted by atomic mass is 9.90. The van der Waals surface area contributed by atoms with E-state index in [1.54, 1.807) is 11.8 Å². The zero-order valence-electron chi connectivity index (χ0n) is 17.5. The van der Waals surface area contributed by atoms with Crippen LogP contribution in [0.5, 0.6) is 0 Å². The molecule has 0 amide bonds. The minimum absolute atomic E-state index is 0.173. The molecule has 0 aliphatic carbocycles. The van der Waals surface area contributed by atoms with Crippen LogP contribution in [0.2, 0.25) is 0 Å². The molecular formula is C26H25NO2S. The molecule has 1 aliphatic rings. The van der Waals surface area contributed by atoms with Crippen molar-refractivity contribution in [1.82, 2.24) is 0 Å². The van der Waals surface area contributed by atoms with Gasteiger partial charge in [0.15, 0.2) is 0 Å². The van der Waals surface area contributed by atoms with E-state index in [-0.39, 0.29) is 5.97 Å². The van der Waals surface area contributed by atoms with Gasteiger partial charge in [0.05, 0.1) is 7.11 Å². The number of rotatable bonds is 5. The van der Waals surface area contributed by atoms with Crippen molar-refractivity contribution >= 4 is 34.7 Å². The maximum Gasteiger partial charge on any atom is 0.305 e. The molecule has 3 aromatic carbocycles. The van der Waals surface area contributed by atoms with E-state index in [9.17, 15) is 4.79 Å². The zero-order chi connectivity index (χ0) is 21.1. The average Bonchev–Trinajstić information content (AvgIpc) is 2.78. The molecule has 30 heavy (non-hydrogen) atoms. The van der Waals surface area contributed by atoms with Crippen molar-refractivity contribution in [1.29, 1.82) is 0 Å². The number of hydrogen-bond acceptors (Lipinski definition) is 4. The number of para-hydroxylation sites is 2. The van der Waals surface area contributed by atoms with Crippen LogP contribution < -0.4 is 4.90 Å². The maximum absolute atomic E-state index is 11.4. The van der Waals surface area contributed by atoms with Crippen LogP contribution >= 0.6 is 11.8 Å². The number of benzene rings is 3. The number of methoxy groups -OCH3 is 1. The lowest BCUT2D eigenvalue weighted by Gasteiger charge is -2.32. The Morgan fingerprint density at radius 2 is 1.47 bits per heavy atom. The van der Waals surface area contributed by atoms with Gasteiger partial charge in [0, 0.05) is 46.4 Å². The van der Waals surface area contributed by atoms with Gasteiger partial charge < -0.3 is 9.64 Å². The van der Waals surface area contributed by atoms with E-state index in [0.717, 1.165) is 5.56 Å². The predicted octanol–water partition coefficient (Wildman–Crippen LogP) is 6.45. The van der Waals surface area contributed by atoms with E-state index in [0.29, 0.717) is 12.8 Å². The largest absolute Gasteiger partial charge is 0.469 e. The van der Waals surface area contributed by atoms with Crippen molar-refractivity contribution in [3.63, 3.8) is 0 Å². The van der Waals surface area contributed by atoms with Crippen LogP contribution in [0.15, 0.2) is 82.6 Å². The standard InChI is InChI=1S/C26H25NO2S/c1-18(30-20-15-12-19(13-16-20)14-17-25(28)29-3)26-21-8-4-6-10-23(21)27(2)24-11-7-5-9-22(24)26/h4-13,15-16H,14,17H2,1-3H3. The van der Waals surface area contributed by atoms with Gasteiger partial charge in [-0.2, -0.15) is 0 Å². The Labute approximate surface area is 182 Å². The first kappa shape index (κ1) is 20.3. The van der Waals surface area contributed by atoms with E-state index in [2.05, 4.69) is 91.7 Å². The summed E-state index contributed by atoms with van der Waals surface area (Å²) in [5, 5.41) is 0. The average molecular weight is 416 g/mol. The Hall–Kier alpha value is -2.98. The third-order valence-corrected chi connectivity index (χ3v) is 6.48. The Morgan fingerprint density at radius 3 is 2.03 bits per heavy atom. The van der Waals surface area contributed by atoms with Gasteiger partial charge in [-0.05, 0) is 48.1 Å². The van der Waals surface area contributed by atoms with Crippen LogP contribution in [0.4, 0.5) is 11.4 Å². The number of carbonyl (C=O) groups excluding carboxylic acids is 1. The van der Waals surface area contributed by atoms with Crippen molar-refractivity contribution in [3.05, 3.63) is 94.4 Å². The Balaban J connectivity index is 1.65. The molecule has 4 rings (SSSR count). The van der Waals surface area contributed by atoms with Gasteiger partial charge >= 0.3 is 5.97 Å². The Kier molecular flexibility index (Phi) is 5.96. The summed E-state index contributed by atoms with van der Waals surface area (Å²) in [6.07, 6.45) is 1.11. The van der Waals surface area contributed by atoms with Gasteiger partial charge in [-0.1, -0.05) is 60.3 Å². The number of fused-ring (bicyclic) bond motifs is 2. The first-order valence-corrected chi connectivity index (χ1v) is 10.9. The number of hydrogen-bond donors (Lipinski definition) is 0. The predicted molar refractivity (Wildman–Crippen MR) is 125 cm³/mol. The van der Waals surface area contributed by atoms with E-state index in [1.165, 1.54) is 45.0 Å². The van der Waals surface area contributed by atoms with Gasteiger partial charge in [-0.25, -0.2) is 0 Å². The van der Waals surface area contributed by atoms with Gasteiger partial charge in [0.1, 0.15) is 0 Å². The van der Waals surface area contributed by atoms with E-state index < -0.39 is 0 Å². The molecule has 0 fully saturated rings. The second-order valence-electron chi connectivity index (χ2n) is 7.35. The van der Waals surface area contributed by atoms with Crippen LogP contribution in [0.1, 0.15) is 30.0 Å². The van der Waals surface area contributed by atoms with Crippen molar-refractivity contribution in [2.45, 2.75) is 24.7 Å². The zero-order valence-corrected chi connectivity index (χ0v) is 18.3. The summed E-state index contributed by atoms with van der Waals surface area (Å²) in [5.74, 6) is -0.173. The molecule has 0 aromatic heterocycles. The summed E-state index contributed by atoms with van der Waals surface area (Å²) in [6, 6.07) is 25.6. The monoisotopic (exact) mass is 415 g/mol. The quantitative estimate of drug-likeness (QED) is 0.354. The third-order valence-electron chi connectivity index (χ3n) is 5.46. The SMILES string of the molecule is COC(=O)CCc1ccc(SC(C)=C2c3ccccc3N(C)c3ccccc32)cc1. The van der Waals surface area contributed by atoms with E-state index >= 15 is 0 Å². The highest BCUT2D eigenvalue weighted by molar-refractivity contribution is 8.03. The minimum atomic E-state index is -0.173. The summed E-state index contributed by atoms with van der Waals surface area (Å²) in [5.41, 5.74) is 7.41. The smallest absolute Gasteiger partial charge is 0.305 e. The van der Waals surface area contributed by atoms with Crippen LogP contribution in [0, 0.1) is 0 Å². The fourth-order valence-corrected chi connectivity index (χ4v) is 4.86. The number of esters is 1. The minimum Gasteiger partial charge on any atom is -0.469 e. The lowest BCUT2D eigenvalue weighted by Crippen LogP contribution is -2.18. The van der Waals surface area contributed by atoms with Crippen LogP contribution in [0.3, 0.4) is 0 Å². The summed E-state index contributed by atoms with van der Waals surface area (Å²) in [7, 11) is 3.56. The number of allylic oxidation sites excluding steroid dienone is 1. The highest BCUT2D eigenvalue weighted by atomic mass is 32.2. The number of aryl methyl sites for hydroxylation is 1. The lowest BCUT2D eigenvalue weighted by molar-refractivity contribution is -0.140. The molecule has 3 aromatic rings. The fraction of sp³-hybridized carbons (Fsp3) is 0.192. The number of anilines is 2. The Bertz CT molecular complexity index is 1050. The molecule has 0 bridgehead atoms. The Morgan fingerprint density at radius 1 is 0.900 bits per heavy atom. The summed E-state index contributed by atoms with van der Waals surface area (Å²) < 4.78 is 4.73. The first-order chi connectivity index (χ1) is 14.6. The highest BCUT2D eigenvalue weighted by Crippen LogP contribution is 2.47. The van der Waals surface area contributed by atoms with E-state index in [1.807, 2.05) is 0 Å². The normalized spacial score (nSPS) is 12.2. The van der Waals surface area contributed by atoms with Gasteiger partial charge in [-0.3, -0.25) is 4.79 Å². The van der Waals surface area contributed by atoms with Crippen molar-refractivity contribution in [2.24, 2.45) is 0 Å². The molecule has 3 nitrogen and oxygen atoms in total. The topological polar surface area (TPSA) is 29.5 Å². The molecule has 152 valence electrons. The van der Waals surface area contributed by atoms with E-state index in [4.69, 9.17) is 4.74 Å². The summed E-state index contributed by atoms with van der Waals surface area (Å²) >= 11 is 1.79. The maximum atomic E-state index is 11.4. The number of nitrogens with zero attached hydrogens (tertiary/aromatic N) is 1. The van der Waals surface area contributed by atoms with Gasteiger partial charge in [0.25, 0.3) is 0 Å². The van der Waals surface area contributed by atoms with Gasteiger partial charge in [-0.15, -0.1) is 0 Å². The van der Waals surface area contributed by atoms with Crippen molar-refractivity contribution in [2.75, 3.05) is 19.1 Å². The molecule has 0 radical (unpaired) electrons. The molecule has 1 heterocycles. The molecule has 0 N–H and O–H groups in total. The van der Waals surface area contributed by atoms with Crippen molar-refractivity contribution in [3.8, 4) is 0 Å². The van der Waals surface area contributed by atoms with Crippen LogP contribution in [-0.4, -0.2) is 20.1 Å². The second kappa shape index (κ2) is 8.80. The fourth-order valence-electron chi connectivity index (χ4n) is 3.91. The van der Waals surface area contributed by atoms with Crippen LogP contribution in [0.25, 0.3) is 5.57 Å². The number of thioether (sulfide) groups is 1. The van der Waals surface area contributed by atoms with Crippen LogP contribution in [-0.2, 0) is 16.0 Å². The summed E-state index contributed by atoms with van der Waals surface area (Å²) in [6.45, 7) is 2.20. The molecule has 0 saturated carbocycles. The number of ether oxygens (including phenoxy) is 1. The molecule has 0 atom stereocenters. The molecule has 0 unspecified atom stereocenters. The molecular weight excluding hydrogens is 390 g/mol. The number of carbonyl (C=O) groups is 1. The van der Waals surface area contributed by atoms with Gasteiger partial charge in [0.2, 0.25) is 0 Å². The van der Waals surface area contributed by atoms with Crippen molar-refractivity contribution < 1.29 is 9.53 Å². The molecule has 1 aliphatic heterocycles. The highest BCUT2D eigenvalue weighted by Gasteiger charge is 2.25. The second-order valence-corrected chi connectivity index (χ2v) is 8.63. The molecule has 4 heteroatoms. The summed E-state index contributed by atoms with van der Waals surface area (Å²) in [4.78, 5) is 16.1.